The molecule has 2 heterocycles. The smallest absolute Gasteiger partial charge is 0.182 e. The Morgan fingerprint density at radius 2 is 2.19 bits per heavy atom. The highest BCUT2D eigenvalue weighted by molar-refractivity contribution is 9.09. The molecule has 2 aromatic heterocycles. The summed E-state index contributed by atoms with van der Waals surface area (Å²) in [4.78, 5) is 15.4. The van der Waals surface area contributed by atoms with Crippen LogP contribution in [0.2, 0.25) is 0 Å². The molecular formula is C10H14BrN5. The van der Waals surface area contributed by atoms with E-state index in [4.69, 9.17) is 0 Å². The number of alkyl halides is 1. The Bertz CT molecular complexity index is 469. The summed E-state index contributed by atoms with van der Waals surface area (Å²) in [6.07, 6.45) is 3.15. The summed E-state index contributed by atoms with van der Waals surface area (Å²) in [5.41, 5.74) is 1.55. The summed E-state index contributed by atoms with van der Waals surface area (Å²) >= 11 is 3.48. The van der Waals surface area contributed by atoms with Gasteiger partial charge in [0.05, 0.1) is 6.33 Å². The average Bonchev–Trinajstić information content (AvgIpc) is 2.77. The number of nitrogens with one attached hydrogen (secondary N) is 2. The van der Waals surface area contributed by atoms with Crippen LogP contribution in [0.4, 0.5) is 5.82 Å². The van der Waals surface area contributed by atoms with Gasteiger partial charge in [-0.3, -0.25) is 0 Å². The number of aromatic amines is 1. The van der Waals surface area contributed by atoms with E-state index >= 15 is 0 Å². The van der Waals surface area contributed by atoms with Gasteiger partial charge >= 0.3 is 0 Å². The minimum atomic E-state index is 0.334. The Kier molecular flexibility index (Phi) is 3.38. The fraction of sp³-hybridized carbons (Fsp3) is 0.500. The molecule has 0 radical (unpaired) electrons. The molecule has 0 amide bonds. The maximum Gasteiger partial charge on any atom is 0.182 e. The number of rotatable bonds is 4. The van der Waals surface area contributed by atoms with E-state index in [1.165, 1.54) is 6.33 Å². The van der Waals surface area contributed by atoms with Crippen molar-refractivity contribution < 1.29 is 0 Å². The number of imidazole rings is 1. The van der Waals surface area contributed by atoms with Crippen molar-refractivity contribution in [3.63, 3.8) is 0 Å². The molecular weight excluding hydrogens is 270 g/mol. The van der Waals surface area contributed by atoms with E-state index in [1.54, 1.807) is 6.33 Å². The Hall–Kier alpha value is -1.17. The zero-order valence-corrected chi connectivity index (χ0v) is 10.8. The predicted molar refractivity (Wildman–Crippen MR) is 67.7 cm³/mol. The zero-order chi connectivity index (χ0) is 11.5. The molecule has 2 unspecified atom stereocenters. The van der Waals surface area contributed by atoms with Crippen LogP contribution < -0.4 is 5.32 Å². The largest absolute Gasteiger partial charge is 0.365 e. The monoisotopic (exact) mass is 283 g/mol. The van der Waals surface area contributed by atoms with Gasteiger partial charge in [-0.2, -0.15) is 0 Å². The quantitative estimate of drug-likeness (QED) is 0.844. The number of aromatic nitrogens is 4. The molecule has 0 bridgehead atoms. The third-order valence-corrected chi connectivity index (χ3v) is 3.71. The van der Waals surface area contributed by atoms with Crippen molar-refractivity contribution >= 4 is 32.9 Å². The lowest BCUT2D eigenvalue weighted by atomic mass is 10.1. The number of hydrogen-bond donors (Lipinski definition) is 2. The topological polar surface area (TPSA) is 66.5 Å². The van der Waals surface area contributed by atoms with E-state index in [2.05, 4.69) is 55.0 Å². The summed E-state index contributed by atoms with van der Waals surface area (Å²) in [5.74, 6) is 1.33. The maximum absolute atomic E-state index is 4.23. The van der Waals surface area contributed by atoms with Crippen molar-refractivity contribution in [2.75, 3.05) is 10.6 Å². The van der Waals surface area contributed by atoms with Gasteiger partial charge in [0.1, 0.15) is 11.8 Å². The van der Waals surface area contributed by atoms with Crippen molar-refractivity contribution in [2.45, 2.75) is 19.9 Å². The first-order valence-electron chi connectivity index (χ1n) is 5.19. The van der Waals surface area contributed by atoms with Crippen LogP contribution in [0.1, 0.15) is 13.8 Å². The first kappa shape index (κ1) is 11.3. The highest BCUT2D eigenvalue weighted by atomic mass is 79.9. The van der Waals surface area contributed by atoms with E-state index in [0.29, 0.717) is 17.6 Å². The summed E-state index contributed by atoms with van der Waals surface area (Å²) in [6, 6.07) is 0.334. The standard InChI is InChI=1S/C10H14BrN5/c1-6(3-11)7(2)16-10-8-9(13-4-12-8)14-5-15-10/h4-7H,3H2,1-2H3,(H2,12,13,14,15,16). The molecule has 16 heavy (non-hydrogen) atoms. The number of anilines is 1. The molecule has 0 fully saturated rings. The van der Waals surface area contributed by atoms with Crippen LogP contribution >= 0.6 is 15.9 Å². The van der Waals surface area contributed by atoms with Gasteiger partial charge in [-0.1, -0.05) is 22.9 Å². The lowest BCUT2D eigenvalue weighted by Gasteiger charge is -2.19. The molecule has 0 saturated carbocycles. The second-order valence-corrected chi connectivity index (χ2v) is 4.54. The first-order valence-corrected chi connectivity index (χ1v) is 6.31. The van der Waals surface area contributed by atoms with E-state index in [9.17, 15) is 0 Å². The van der Waals surface area contributed by atoms with Gasteiger partial charge in [0.15, 0.2) is 11.5 Å². The summed E-state index contributed by atoms with van der Waals surface area (Å²) < 4.78 is 0. The maximum atomic E-state index is 4.23. The van der Waals surface area contributed by atoms with Crippen molar-refractivity contribution in [3.8, 4) is 0 Å². The fourth-order valence-electron chi connectivity index (χ4n) is 1.37. The predicted octanol–water partition coefficient (Wildman–Crippen LogP) is 2.18. The molecule has 2 atom stereocenters. The Labute approximate surface area is 102 Å². The number of halogens is 1. The van der Waals surface area contributed by atoms with Gasteiger partial charge in [-0.25, -0.2) is 15.0 Å². The summed E-state index contributed by atoms with van der Waals surface area (Å²) in [5, 5.41) is 4.33. The Morgan fingerprint density at radius 3 is 2.94 bits per heavy atom. The van der Waals surface area contributed by atoms with Crippen LogP contribution in [0.3, 0.4) is 0 Å². The number of H-pyrrole nitrogens is 1. The second kappa shape index (κ2) is 4.78. The normalized spacial score (nSPS) is 14.9. The van der Waals surface area contributed by atoms with Crippen LogP contribution in [0, 0.1) is 5.92 Å². The third kappa shape index (κ3) is 2.16. The minimum Gasteiger partial charge on any atom is -0.365 e. The molecule has 2 N–H and O–H groups in total. The molecule has 2 rings (SSSR count). The Morgan fingerprint density at radius 1 is 1.38 bits per heavy atom. The third-order valence-electron chi connectivity index (χ3n) is 2.68. The van der Waals surface area contributed by atoms with Crippen LogP contribution in [-0.4, -0.2) is 31.3 Å². The van der Waals surface area contributed by atoms with Crippen molar-refractivity contribution in [1.29, 1.82) is 0 Å². The molecule has 0 aliphatic heterocycles. The lowest BCUT2D eigenvalue weighted by Crippen LogP contribution is -2.25. The molecule has 0 aromatic carbocycles. The van der Waals surface area contributed by atoms with Crippen LogP contribution in [0.15, 0.2) is 12.7 Å². The van der Waals surface area contributed by atoms with Crippen molar-refractivity contribution in [1.82, 2.24) is 19.9 Å². The second-order valence-electron chi connectivity index (χ2n) is 3.89. The van der Waals surface area contributed by atoms with E-state index in [1.807, 2.05) is 0 Å². The minimum absolute atomic E-state index is 0.334. The van der Waals surface area contributed by atoms with Gasteiger partial charge in [0.25, 0.3) is 0 Å². The number of fused-ring (bicyclic) bond motifs is 1. The molecule has 5 nitrogen and oxygen atoms in total. The van der Waals surface area contributed by atoms with Gasteiger partial charge in [-0.15, -0.1) is 0 Å². The molecule has 6 heteroatoms. The summed E-state index contributed by atoms with van der Waals surface area (Å²) in [6.45, 7) is 4.31. The molecule has 0 saturated heterocycles. The SMILES string of the molecule is CC(CBr)C(C)Nc1ncnc2nc[nH]c12. The number of hydrogen-bond acceptors (Lipinski definition) is 4. The van der Waals surface area contributed by atoms with Crippen LogP contribution in [-0.2, 0) is 0 Å². The molecule has 0 aliphatic rings. The van der Waals surface area contributed by atoms with Crippen LogP contribution in [0.25, 0.3) is 11.2 Å². The molecule has 2 aromatic rings. The van der Waals surface area contributed by atoms with Gasteiger partial charge < -0.3 is 10.3 Å². The van der Waals surface area contributed by atoms with Gasteiger partial charge in [0, 0.05) is 11.4 Å². The number of nitrogens with zero attached hydrogens (tertiary/aromatic N) is 3. The summed E-state index contributed by atoms with van der Waals surface area (Å²) in [7, 11) is 0. The van der Waals surface area contributed by atoms with E-state index in [-0.39, 0.29) is 0 Å². The Balaban J connectivity index is 2.23. The molecule has 0 aliphatic carbocycles. The van der Waals surface area contributed by atoms with Gasteiger partial charge in [-0.05, 0) is 12.8 Å². The highest BCUT2D eigenvalue weighted by Gasteiger charge is 2.13. The van der Waals surface area contributed by atoms with E-state index < -0.39 is 0 Å². The lowest BCUT2D eigenvalue weighted by molar-refractivity contribution is 0.571. The first-order chi connectivity index (χ1) is 7.72. The zero-order valence-electron chi connectivity index (χ0n) is 9.24. The highest BCUT2D eigenvalue weighted by Crippen LogP contribution is 2.18. The van der Waals surface area contributed by atoms with Crippen molar-refractivity contribution in [2.24, 2.45) is 5.92 Å². The van der Waals surface area contributed by atoms with Gasteiger partial charge in [0.2, 0.25) is 0 Å². The molecule has 86 valence electrons. The average molecular weight is 284 g/mol. The van der Waals surface area contributed by atoms with Crippen LogP contribution in [0.5, 0.6) is 0 Å². The van der Waals surface area contributed by atoms with Crippen molar-refractivity contribution in [3.05, 3.63) is 12.7 Å². The van der Waals surface area contributed by atoms with E-state index in [0.717, 1.165) is 16.7 Å². The molecule has 0 spiro atoms. The fourth-order valence-corrected chi connectivity index (χ4v) is 1.93.